The lowest BCUT2D eigenvalue weighted by Gasteiger charge is -2.17. The Balaban J connectivity index is 1.69. The van der Waals surface area contributed by atoms with Crippen LogP contribution in [0.25, 0.3) is 0 Å². The molecule has 1 N–H and O–H groups in total. The van der Waals surface area contributed by atoms with E-state index in [1.807, 2.05) is 17.5 Å². The van der Waals surface area contributed by atoms with Gasteiger partial charge in [-0.2, -0.15) is 0 Å². The molecule has 1 aliphatic rings. The van der Waals surface area contributed by atoms with Crippen molar-refractivity contribution in [2.45, 2.75) is 30.4 Å². The number of nitrogens with zero attached hydrogens (tertiary/aromatic N) is 1. The van der Waals surface area contributed by atoms with Crippen LogP contribution in [-0.2, 0) is 21.3 Å². The first-order valence-electron chi connectivity index (χ1n) is 8.45. The standard InChI is InChI=1S/C18H22N2O4S2/c1-20(13-16-7-4-10-25-16)18(21)14-5-2-8-17(11-14)26(22,23)19-12-15-6-3-9-24-15/h2,4-5,7-8,10-11,15,19H,3,6,9,12-13H2,1H3. The van der Waals surface area contributed by atoms with Crippen molar-refractivity contribution >= 4 is 27.3 Å². The topological polar surface area (TPSA) is 75.7 Å². The monoisotopic (exact) mass is 394 g/mol. The maximum atomic E-state index is 12.6. The van der Waals surface area contributed by atoms with E-state index in [9.17, 15) is 13.2 Å². The zero-order chi connectivity index (χ0) is 18.6. The smallest absolute Gasteiger partial charge is 0.253 e. The van der Waals surface area contributed by atoms with Gasteiger partial charge in [0, 0.05) is 30.6 Å². The van der Waals surface area contributed by atoms with Gasteiger partial charge < -0.3 is 9.64 Å². The summed E-state index contributed by atoms with van der Waals surface area (Å²) in [6.07, 6.45) is 1.73. The third-order valence-electron chi connectivity index (χ3n) is 4.24. The van der Waals surface area contributed by atoms with Crippen LogP contribution in [0.2, 0.25) is 0 Å². The molecule has 1 aromatic heterocycles. The van der Waals surface area contributed by atoms with Gasteiger partial charge in [0.25, 0.3) is 5.91 Å². The summed E-state index contributed by atoms with van der Waals surface area (Å²) < 4.78 is 33.0. The highest BCUT2D eigenvalue weighted by Gasteiger charge is 2.21. The molecule has 1 saturated heterocycles. The van der Waals surface area contributed by atoms with Crippen LogP contribution in [0.5, 0.6) is 0 Å². The van der Waals surface area contributed by atoms with Crippen LogP contribution < -0.4 is 4.72 Å². The normalized spacial score (nSPS) is 17.3. The average molecular weight is 395 g/mol. The molecular formula is C18H22N2O4S2. The minimum Gasteiger partial charge on any atom is -0.377 e. The molecule has 3 rings (SSSR count). The summed E-state index contributed by atoms with van der Waals surface area (Å²) in [6.45, 7) is 1.41. The van der Waals surface area contributed by atoms with Crippen LogP contribution in [0, 0.1) is 0 Å². The maximum absolute atomic E-state index is 12.6. The van der Waals surface area contributed by atoms with Gasteiger partial charge in [-0.1, -0.05) is 12.1 Å². The molecular weight excluding hydrogens is 372 g/mol. The summed E-state index contributed by atoms with van der Waals surface area (Å²) in [5, 5.41) is 1.96. The van der Waals surface area contributed by atoms with E-state index in [2.05, 4.69) is 4.72 Å². The summed E-state index contributed by atoms with van der Waals surface area (Å²) in [7, 11) is -1.97. The lowest BCUT2D eigenvalue weighted by atomic mass is 10.2. The van der Waals surface area contributed by atoms with Crippen molar-refractivity contribution in [3.8, 4) is 0 Å². The molecule has 0 radical (unpaired) electrons. The number of hydrogen-bond acceptors (Lipinski definition) is 5. The van der Waals surface area contributed by atoms with Crippen LogP contribution in [0.3, 0.4) is 0 Å². The number of carbonyl (C=O) groups excluding carboxylic acids is 1. The van der Waals surface area contributed by atoms with Crippen molar-refractivity contribution in [2.24, 2.45) is 0 Å². The Morgan fingerprint density at radius 2 is 2.19 bits per heavy atom. The molecule has 0 aliphatic carbocycles. The molecule has 2 heterocycles. The number of amides is 1. The van der Waals surface area contributed by atoms with E-state index >= 15 is 0 Å². The molecule has 6 nitrogen and oxygen atoms in total. The van der Waals surface area contributed by atoms with Crippen molar-refractivity contribution < 1.29 is 17.9 Å². The summed E-state index contributed by atoms with van der Waals surface area (Å²) in [6, 6.07) is 10.0. The van der Waals surface area contributed by atoms with Crippen molar-refractivity contribution in [3.63, 3.8) is 0 Å². The molecule has 1 atom stereocenters. The number of hydrogen-bond donors (Lipinski definition) is 1. The minimum atomic E-state index is -3.68. The SMILES string of the molecule is CN(Cc1cccs1)C(=O)c1cccc(S(=O)(=O)NCC2CCCO2)c1. The largest absolute Gasteiger partial charge is 0.377 e. The zero-order valence-corrected chi connectivity index (χ0v) is 16.2. The first-order valence-corrected chi connectivity index (χ1v) is 10.8. The molecule has 1 fully saturated rings. The Hall–Kier alpha value is -1.74. The second kappa shape index (κ2) is 8.30. The summed E-state index contributed by atoms with van der Waals surface area (Å²) in [5.41, 5.74) is 0.351. The van der Waals surface area contributed by atoms with Crippen molar-refractivity contribution in [3.05, 3.63) is 52.2 Å². The first-order chi connectivity index (χ1) is 12.5. The highest BCUT2D eigenvalue weighted by molar-refractivity contribution is 7.89. The second-order valence-electron chi connectivity index (χ2n) is 6.26. The van der Waals surface area contributed by atoms with E-state index < -0.39 is 10.0 Å². The lowest BCUT2D eigenvalue weighted by Crippen LogP contribution is -2.32. The molecule has 8 heteroatoms. The molecule has 0 spiro atoms. The molecule has 2 aromatic rings. The van der Waals surface area contributed by atoms with Crippen LogP contribution in [0.1, 0.15) is 28.1 Å². The van der Waals surface area contributed by atoms with Gasteiger partial charge in [0.15, 0.2) is 0 Å². The Morgan fingerprint density at radius 3 is 2.88 bits per heavy atom. The number of carbonyl (C=O) groups is 1. The maximum Gasteiger partial charge on any atom is 0.253 e. The predicted octanol–water partition coefficient (Wildman–Crippen LogP) is 2.48. The average Bonchev–Trinajstić information content (AvgIpc) is 3.33. The van der Waals surface area contributed by atoms with Crippen LogP contribution in [0.4, 0.5) is 0 Å². The molecule has 1 aromatic carbocycles. The molecule has 1 aliphatic heterocycles. The van der Waals surface area contributed by atoms with Gasteiger partial charge in [-0.3, -0.25) is 4.79 Å². The third-order valence-corrected chi connectivity index (χ3v) is 6.52. The highest BCUT2D eigenvalue weighted by atomic mass is 32.2. The minimum absolute atomic E-state index is 0.0773. The Morgan fingerprint density at radius 1 is 1.35 bits per heavy atom. The Kier molecular flexibility index (Phi) is 6.08. The summed E-state index contributed by atoms with van der Waals surface area (Å²) in [4.78, 5) is 15.4. The number of nitrogens with one attached hydrogen (secondary N) is 1. The van der Waals surface area contributed by atoms with E-state index in [4.69, 9.17) is 4.74 Å². The first kappa shape index (κ1) is 19.0. The lowest BCUT2D eigenvalue weighted by molar-refractivity contribution is 0.0786. The fourth-order valence-corrected chi connectivity index (χ4v) is 4.69. The van der Waals surface area contributed by atoms with Crippen LogP contribution >= 0.6 is 11.3 Å². The van der Waals surface area contributed by atoms with Gasteiger partial charge >= 0.3 is 0 Å². The zero-order valence-electron chi connectivity index (χ0n) is 14.6. The summed E-state index contributed by atoms with van der Waals surface area (Å²) in [5.74, 6) is -0.213. The van der Waals surface area contributed by atoms with E-state index in [1.54, 1.807) is 35.4 Å². The Labute approximate surface area is 157 Å². The van der Waals surface area contributed by atoms with E-state index in [-0.39, 0.29) is 23.5 Å². The van der Waals surface area contributed by atoms with E-state index in [1.165, 1.54) is 12.1 Å². The van der Waals surface area contributed by atoms with Crippen molar-refractivity contribution in [2.75, 3.05) is 20.2 Å². The predicted molar refractivity (Wildman–Crippen MR) is 101 cm³/mol. The van der Waals surface area contributed by atoms with Crippen LogP contribution in [0.15, 0.2) is 46.7 Å². The van der Waals surface area contributed by atoms with Gasteiger partial charge in [-0.15, -0.1) is 11.3 Å². The molecule has 0 bridgehead atoms. The van der Waals surface area contributed by atoms with Gasteiger partial charge in [0.05, 0.1) is 17.5 Å². The molecule has 1 unspecified atom stereocenters. The second-order valence-corrected chi connectivity index (χ2v) is 9.05. The van der Waals surface area contributed by atoms with Crippen LogP contribution in [-0.4, -0.2) is 45.5 Å². The quantitative estimate of drug-likeness (QED) is 0.783. The van der Waals surface area contributed by atoms with Gasteiger partial charge in [-0.25, -0.2) is 13.1 Å². The number of thiophene rings is 1. The molecule has 140 valence electrons. The van der Waals surface area contributed by atoms with Gasteiger partial charge in [0.2, 0.25) is 10.0 Å². The third kappa shape index (κ3) is 4.70. The molecule has 26 heavy (non-hydrogen) atoms. The summed E-state index contributed by atoms with van der Waals surface area (Å²) >= 11 is 1.58. The number of rotatable bonds is 7. The fourth-order valence-electron chi connectivity index (χ4n) is 2.82. The highest BCUT2D eigenvalue weighted by Crippen LogP contribution is 2.17. The Bertz CT molecular complexity index is 844. The van der Waals surface area contributed by atoms with E-state index in [0.717, 1.165) is 17.7 Å². The van der Waals surface area contributed by atoms with E-state index in [0.29, 0.717) is 18.7 Å². The fraction of sp³-hybridized carbons (Fsp3) is 0.389. The number of sulfonamides is 1. The van der Waals surface area contributed by atoms with Crippen molar-refractivity contribution in [1.82, 2.24) is 9.62 Å². The van der Waals surface area contributed by atoms with Crippen molar-refractivity contribution in [1.29, 1.82) is 0 Å². The number of ether oxygens (including phenoxy) is 1. The van der Waals surface area contributed by atoms with Gasteiger partial charge in [0.1, 0.15) is 0 Å². The van der Waals surface area contributed by atoms with Gasteiger partial charge in [-0.05, 0) is 42.5 Å². The number of benzene rings is 1. The molecule has 1 amide bonds. The molecule has 0 saturated carbocycles.